The van der Waals surface area contributed by atoms with E-state index >= 15 is 0 Å². The summed E-state index contributed by atoms with van der Waals surface area (Å²) in [6.07, 6.45) is 10.1. The zero-order valence-electron chi connectivity index (χ0n) is 11.0. The summed E-state index contributed by atoms with van der Waals surface area (Å²) in [5.74, 6) is 0.985. The second-order valence-electron chi connectivity index (χ2n) is 6.86. The summed E-state index contributed by atoms with van der Waals surface area (Å²) in [6.45, 7) is 7.64. The standard InChI is InChI=1S/C15H24Si/c1-16(2,3)15-10-11-8-9-12(11)13-6-4-5-7-14(13)15/h11H,4-10H2,1-3H3/t11-/m0/s1. The summed E-state index contributed by atoms with van der Waals surface area (Å²) in [4.78, 5) is 0. The molecule has 0 radical (unpaired) electrons. The highest BCUT2D eigenvalue weighted by Crippen LogP contribution is 2.51. The molecule has 2 saturated carbocycles. The van der Waals surface area contributed by atoms with Gasteiger partial charge in [0.15, 0.2) is 0 Å². The van der Waals surface area contributed by atoms with E-state index in [1.807, 2.05) is 21.9 Å². The molecule has 3 aliphatic carbocycles. The zero-order valence-corrected chi connectivity index (χ0v) is 12.0. The Morgan fingerprint density at radius 3 is 2.19 bits per heavy atom. The molecule has 0 aromatic heterocycles. The minimum atomic E-state index is -1.06. The van der Waals surface area contributed by atoms with Gasteiger partial charge in [-0.2, -0.15) is 0 Å². The van der Waals surface area contributed by atoms with E-state index in [0.29, 0.717) is 0 Å². The van der Waals surface area contributed by atoms with Crippen LogP contribution in [-0.2, 0) is 0 Å². The Bertz CT molecular complexity index is 379. The third-order valence-electron chi connectivity index (χ3n) is 4.83. The van der Waals surface area contributed by atoms with E-state index in [1.165, 1.54) is 44.9 Å². The maximum absolute atomic E-state index is 2.55. The highest BCUT2D eigenvalue weighted by Gasteiger charge is 2.38. The first-order valence-electron chi connectivity index (χ1n) is 7.02. The highest BCUT2D eigenvalue weighted by atomic mass is 28.3. The normalized spacial score (nSPS) is 29.8. The van der Waals surface area contributed by atoms with Gasteiger partial charge in [-0.3, -0.25) is 0 Å². The molecule has 0 saturated heterocycles. The van der Waals surface area contributed by atoms with Crippen molar-refractivity contribution in [2.24, 2.45) is 5.92 Å². The molecule has 3 rings (SSSR count). The van der Waals surface area contributed by atoms with Crippen LogP contribution in [0.15, 0.2) is 21.9 Å². The summed E-state index contributed by atoms with van der Waals surface area (Å²) >= 11 is 0. The first-order chi connectivity index (χ1) is 7.57. The van der Waals surface area contributed by atoms with Crippen molar-refractivity contribution in [3.63, 3.8) is 0 Å². The SMILES string of the molecule is C[Si](C)(C)C1=C2CCCCC2=C2CC[C@H]2C1. The number of rotatable bonds is 1. The quantitative estimate of drug-likeness (QED) is 0.567. The Hall–Kier alpha value is -0.303. The van der Waals surface area contributed by atoms with Crippen molar-refractivity contribution < 1.29 is 0 Å². The van der Waals surface area contributed by atoms with Gasteiger partial charge in [-0.25, -0.2) is 0 Å². The Balaban J connectivity index is 2.07. The van der Waals surface area contributed by atoms with Gasteiger partial charge in [0, 0.05) is 0 Å². The van der Waals surface area contributed by atoms with Gasteiger partial charge in [0.2, 0.25) is 0 Å². The van der Waals surface area contributed by atoms with E-state index in [4.69, 9.17) is 0 Å². The predicted molar refractivity (Wildman–Crippen MR) is 73.2 cm³/mol. The van der Waals surface area contributed by atoms with E-state index in [9.17, 15) is 0 Å². The molecule has 0 nitrogen and oxygen atoms in total. The molecule has 0 heterocycles. The van der Waals surface area contributed by atoms with Gasteiger partial charge in [0.05, 0.1) is 8.07 Å². The number of hydrogen-bond donors (Lipinski definition) is 0. The average Bonchev–Trinajstić information content (AvgIpc) is 2.16. The van der Waals surface area contributed by atoms with Crippen LogP contribution in [0, 0.1) is 5.92 Å². The molecule has 0 aliphatic heterocycles. The molecule has 1 heteroatoms. The average molecular weight is 232 g/mol. The molecule has 16 heavy (non-hydrogen) atoms. The van der Waals surface area contributed by atoms with Gasteiger partial charge < -0.3 is 0 Å². The van der Waals surface area contributed by atoms with Crippen LogP contribution in [0.5, 0.6) is 0 Å². The van der Waals surface area contributed by atoms with E-state index in [2.05, 4.69) is 19.6 Å². The molecule has 3 aliphatic rings. The lowest BCUT2D eigenvalue weighted by Crippen LogP contribution is -2.34. The fourth-order valence-corrected chi connectivity index (χ4v) is 5.88. The first kappa shape index (κ1) is 10.8. The molecule has 88 valence electrons. The summed E-state index contributed by atoms with van der Waals surface area (Å²) in [5, 5.41) is 1.94. The Morgan fingerprint density at radius 1 is 0.938 bits per heavy atom. The van der Waals surface area contributed by atoms with Crippen LogP contribution in [-0.4, -0.2) is 8.07 Å². The Kier molecular flexibility index (Phi) is 2.43. The largest absolute Gasteiger partial charge is 0.0771 e. The molecule has 0 N–H and O–H groups in total. The maximum atomic E-state index is 2.55. The molecule has 0 aromatic carbocycles. The fraction of sp³-hybridized carbons (Fsp3) is 0.733. The molecule has 2 fully saturated rings. The van der Waals surface area contributed by atoms with Gasteiger partial charge >= 0.3 is 0 Å². The second kappa shape index (κ2) is 3.59. The van der Waals surface area contributed by atoms with Gasteiger partial charge in [-0.05, 0) is 62.0 Å². The van der Waals surface area contributed by atoms with Gasteiger partial charge in [-0.15, -0.1) is 0 Å². The molecular formula is C15H24Si. The molecule has 0 spiro atoms. The number of fused-ring (bicyclic) bond motifs is 2. The first-order valence-corrected chi connectivity index (χ1v) is 10.5. The Labute approximate surface area is 101 Å². The lowest BCUT2D eigenvalue weighted by atomic mass is 9.67. The predicted octanol–water partition coefficient (Wildman–Crippen LogP) is 4.84. The van der Waals surface area contributed by atoms with Crippen molar-refractivity contribution in [1.82, 2.24) is 0 Å². The van der Waals surface area contributed by atoms with Crippen LogP contribution in [0.25, 0.3) is 0 Å². The molecule has 0 bridgehead atoms. The Morgan fingerprint density at radius 2 is 1.62 bits per heavy atom. The zero-order chi connectivity index (χ0) is 11.3. The van der Waals surface area contributed by atoms with Gasteiger partial charge in [0.1, 0.15) is 0 Å². The third kappa shape index (κ3) is 1.55. The molecular weight excluding hydrogens is 208 g/mol. The fourth-order valence-electron chi connectivity index (χ4n) is 3.84. The summed E-state index contributed by atoms with van der Waals surface area (Å²) in [6, 6.07) is 0. The van der Waals surface area contributed by atoms with E-state index in [-0.39, 0.29) is 0 Å². The molecule has 1 atom stereocenters. The number of allylic oxidation sites excluding steroid dienone is 4. The lowest BCUT2D eigenvalue weighted by Gasteiger charge is -2.44. The molecule has 0 unspecified atom stereocenters. The van der Waals surface area contributed by atoms with Crippen molar-refractivity contribution in [3.8, 4) is 0 Å². The summed E-state index contributed by atoms with van der Waals surface area (Å²) in [7, 11) is -1.06. The van der Waals surface area contributed by atoms with Crippen molar-refractivity contribution >= 4 is 8.07 Å². The van der Waals surface area contributed by atoms with Crippen LogP contribution < -0.4 is 0 Å². The smallest absolute Gasteiger partial charge is 0.0728 e. The monoisotopic (exact) mass is 232 g/mol. The van der Waals surface area contributed by atoms with Crippen molar-refractivity contribution in [1.29, 1.82) is 0 Å². The van der Waals surface area contributed by atoms with Gasteiger partial charge in [0.25, 0.3) is 0 Å². The van der Waals surface area contributed by atoms with Crippen LogP contribution in [0.4, 0.5) is 0 Å². The van der Waals surface area contributed by atoms with Gasteiger partial charge in [-0.1, -0.05) is 30.4 Å². The van der Waals surface area contributed by atoms with Crippen molar-refractivity contribution in [2.75, 3.05) is 0 Å². The summed E-state index contributed by atoms with van der Waals surface area (Å²) in [5.41, 5.74) is 5.60. The van der Waals surface area contributed by atoms with E-state index in [1.54, 1.807) is 0 Å². The van der Waals surface area contributed by atoms with Crippen LogP contribution in [0.3, 0.4) is 0 Å². The molecule has 0 aromatic rings. The molecule has 0 amide bonds. The van der Waals surface area contributed by atoms with E-state index < -0.39 is 8.07 Å². The van der Waals surface area contributed by atoms with Crippen LogP contribution >= 0.6 is 0 Å². The number of hydrogen-bond acceptors (Lipinski definition) is 0. The lowest BCUT2D eigenvalue weighted by molar-refractivity contribution is 0.418. The van der Waals surface area contributed by atoms with Crippen LogP contribution in [0.2, 0.25) is 19.6 Å². The summed E-state index contributed by atoms with van der Waals surface area (Å²) < 4.78 is 0. The topological polar surface area (TPSA) is 0 Å². The maximum Gasteiger partial charge on any atom is 0.0728 e. The van der Waals surface area contributed by atoms with Crippen molar-refractivity contribution in [3.05, 3.63) is 21.9 Å². The minimum Gasteiger partial charge on any atom is -0.0771 e. The van der Waals surface area contributed by atoms with Crippen LogP contribution in [0.1, 0.15) is 44.9 Å². The highest BCUT2D eigenvalue weighted by molar-refractivity contribution is 6.83. The van der Waals surface area contributed by atoms with Crippen molar-refractivity contribution in [2.45, 2.75) is 64.6 Å². The third-order valence-corrected chi connectivity index (χ3v) is 7.15. The second-order valence-corrected chi connectivity index (χ2v) is 12.0. The minimum absolute atomic E-state index is 0.985. The van der Waals surface area contributed by atoms with E-state index in [0.717, 1.165) is 5.92 Å².